The average molecular weight is 236 g/mol. The summed E-state index contributed by atoms with van der Waals surface area (Å²) >= 11 is 0. The number of nitrogens with zero attached hydrogens (tertiary/aromatic N) is 1. The normalized spacial score (nSPS) is 15.9. The number of aromatic nitrogens is 1. The molecule has 1 aromatic heterocycles. The topological polar surface area (TPSA) is 79.4 Å². The maximum atomic E-state index is 12.3. The van der Waals surface area contributed by atoms with Crippen LogP contribution < -0.4 is 5.73 Å². The van der Waals surface area contributed by atoms with Gasteiger partial charge in [0.1, 0.15) is 11.8 Å². The van der Waals surface area contributed by atoms with Gasteiger partial charge in [-0.25, -0.2) is 0 Å². The van der Waals surface area contributed by atoms with Crippen molar-refractivity contribution in [2.75, 3.05) is 6.54 Å². The van der Waals surface area contributed by atoms with Crippen molar-refractivity contribution in [3.05, 3.63) is 29.6 Å². The summed E-state index contributed by atoms with van der Waals surface area (Å²) in [4.78, 5) is 3.13. The Hall–Kier alpha value is -1.18. The van der Waals surface area contributed by atoms with Crippen molar-refractivity contribution in [1.29, 1.82) is 0 Å². The minimum absolute atomic E-state index is 0.0692. The van der Waals surface area contributed by atoms with E-state index in [0.717, 1.165) is 6.20 Å². The van der Waals surface area contributed by atoms with Crippen LogP contribution in [0.25, 0.3) is 0 Å². The molecule has 0 radical (unpaired) electrons. The molecule has 0 saturated heterocycles. The molecule has 2 atom stereocenters. The van der Waals surface area contributed by atoms with Gasteiger partial charge in [0.15, 0.2) is 0 Å². The lowest BCUT2D eigenvalue weighted by Crippen LogP contribution is -2.27. The van der Waals surface area contributed by atoms with E-state index >= 15 is 0 Å². The number of pyridine rings is 1. The van der Waals surface area contributed by atoms with Crippen molar-refractivity contribution in [1.82, 2.24) is 4.98 Å². The van der Waals surface area contributed by atoms with Gasteiger partial charge in [0.05, 0.1) is 6.10 Å². The zero-order valence-electron chi connectivity index (χ0n) is 8.15. The Morgan fingerprint density at radius 3 is 2.50 bits per heavy atom. The summed E-state index contributed by atoms with van der Waals surface area (Å²) in [5, 5.41) is 18.7. The lowest BCUT2D eigenvalue weighted by atomic mass is 10.0. The van der Waals surface area contributed by atoms with Crippen LogP contribution in [0.1, 0.15) is 17.4 Å². The Balaban J connectivity index is 2.99. The van der Waals surface area contributed by atoms with E-state index in [4.69, 9.17) is 5.73 Å². The minimum atomic E-state index is -4.58. The molecule has 0 spiro atoms. The third-order valence-corrected chi connectivity index (χ3v) is 2.02. The molecule has 16 heavy (non-hydrogen) atoms. The number of aliphatic hydroxyl groups is 2. The van der Waals surface area contributed by atoms with Crippen LogP contribution in [0.3, 0.4) is 0 Å². The van der Waals surface area contributed by atoms with Crippen molar-refractivity contribution in [3.8, 4) is 0 Å². The molecule has 0 aliphatic heterocycles. The van der Waals surface area contributed by atoms with Gasteiger partial charge < -0.3 is 15.9 Å². The maximum absolute atomic E-state index is 12.3. The highest BCUT2D eigenvalue weighted by Gasteiger charge is 2.33. The van der Waals surface area contributed by atoms with E-state index in [9.17, 15) is 23.4 Å². The predicted octanol–water partition coefficient (Wildman–Crippen LogP) is 0.453. The van der Waals surface area contributed by atoms with Gasteiger partial charge in [-0.15, -0.1) is 0 Å². The molecule has 90 valence electrons. The van der Waals surface area contributed by atoms with Gasteiger partial charge in [-0.2, -0.15) is 13.2 Å². The predicted molar refractivity (Wildman–Crippen MR) is 49.3 cm³/mol. The van der Waals surface area contributed by atoms with Gasteiger partial charge in [-0.05, 0) is 17.7 Å². The SMILES string of the molecule is NCC(O)C(O)c1ccnc(C(F)(F)F)c1. The number of nitrogens with two attached hydrogens (primary N) is 1. The molecule has 0 fully saturated rings. The van der Waals surface area contributed by atoms with Crippen LogP contribution in [0, 0.1) is 0 Å². The number of hydrogen-bond donors (Lipinski definition) is 3. The summed E-state index contributed by atoms with van der Waals surface area (Å²) in [6.45, 7) is -0.245. The Morgan fingerprint density at radius 2 is 2.00 bits per heavy atom. The average Bonchev–Trinajstić information content (AvgIpc) is 2.26. The van der Waals surface area contributed by atoms with Gasteiger partial charge >= 0.3 is 6.18 Å². The Kier molecular flexibility index (Phi) is 3.84. The molecule has 4 N–H and O–H groups in total. The van der Waals surface area contributed by atoms with Crippen LogP contribution in [0.15, 0.2) is 18.3 Å². The highest BCUT2D eigenvalue weighted by atomic mass is 19.4. The van der Waals surface area contributed by atoms with Gasteiger partial charge in [0, 0.05) is 12.7 Å². The first-order valence-corrected chi connectivity index (χ1v) is 4.45. The quantitative estimate of drug-likeness (QED) is 0.712. The number of rotatable bonds is 3. The molecule has 1 heterocycles. The van der Waals surface area contributed by atoms with Crippen molar-refractivity contribution < 1.29 is 23.4 Å². The standard InChI is InChI=1S/C9H11F3N2O2/c10-9(11,12)7-3-5(1-2-14-7)8(16)6(15)4-13/h1-3,6,8,15-16H,4,13H2. The smallest absolute Gasteiger partial charge is 0.389 e. The molecule has 0 amide bonds. The Morgan fingerprint density at radius 1 is 1.38 bits per heavy atom. The van der Waals surface area contributed by atoms with E-state index in [1.165, 1.54) is 6.07 Å². The number of alkyl halides is 3. The molecule has 0 bridgehead atoms. The monoisotopic (exact) mass is 236 g/mol. The third kappa shape index (κ3) is 2.91. The van der Waals surface area contributed by atoms with Crippen LogP contribution >= 0.6 is 0 Å². The van der Waals surface area contributed by atoms with Gasteiger partial charge in [0.25, 0.3) is 0 Å². The fourth-order valence-electron chi connectivity index (χ4n) is 1.14. The summed E-state index contributed by atoms with van der Waals surface area (Å²) in [5.41, 5.74) is 3.90. The van der Waals surface area contributed by atoms with Crippen LogP contribution in [0.5, 0.6) is 0 Å². The fourth-order valence-corrected chi connectivity index (χ4v) is 1.14. The first-order chi connectivity index (χ1) is 7.36. The third-order valence-electron chi connectivity index (χ3n) is 2.02. The summed E-state index contributed by atoms with van der Waals surface area (Å²) in [6.07, 6.45) is -6.41. The molecule has 1 aromatic rings. The van der Waals surface area contributed by atoms with E-state index in [-0.39, 0.29) is 12.1 Å². The molecule has 7 heteroatoms. The van der Waals surface area contributed by atoms with Crippen molar-refractivity contribution in [2.24, 2.45) is 5.73 Å². The van der Waals surface area contributed by atoms with E-state index in [1.54, 1.807) is 0 Å². The number of halogens is 3. The minimum Gasteiger partial charge on any atom is -0.389 e. The molecule has 4 nitrogen and oxygen atoms in total. The van der Waals surface area contributed by atoms with Gasteiger partial charge in [0.2, 0.25) is 0 Å². The van der Waals surface area contributed by atoms with Crippen LogP contribution in [0.4, 0.5) is 13.2 Å². The largest absolute Gasteiger partial charge is 0.433 e. The van der Waals surface area contributed by atoms with Crippen molar-refractivity contribution in [2.45, 2.75) is 18.4 Å². The molecule has 0 aromatic carbocycles. The molecule has 0 saturated carbocycles. The first-order valence-electron chi connectivity index (χ1n) is 4.45. The van der Waals surface area contributed by atoms with Crippen molar-refractivity contribution >= 4 is 0 Å². The van der Waals surface area contributed by atoms with Crippen molar-refractivity contribution in [3.63, 3.8) is 0 Å². The molecule has 1 rings (SSSR count). The maximum Gasteiger partial charge on any atom is 0.433 e. The highest BCUT2D eigenvalue weighted by Crippen LogP contribution is 2.29. The van der Waals surface area contributed by atoms with Crippen LogP contribution in [0.2, 0.25) is 0 Å². The molecule has 0 aliphatic rings. The zero-order chi connectivity index (χ0) is 12.3. The molecular weight excluding hydrogens is 225 g/mol. The molecule has 2 unspecified atom stereocenters. The Bertz CT molecular complexity index is 357. The fraction of sp³-hybridized carbons (Fsp3) is 0.444. The first kappa shape index (κ1) is 12.9. The number of aliphatic hydroxyl groups excluding tert-OH is 2. The second-order valence-corrected chi connectivity index (χ2v) is 3.22. The molecular formula is C9H11F3N2O2. The summed E-state index contributed by atoms with van der Waals surface area (Å²) in [5.74, 6) is 0. The summed E-state index contributed by atoms with van der Waals surface area (Å²) in [7, 11) is 0. The van der Waals surface area contributed by atoms with Crippen LogP contribution in [-0.4, -0.2) is 27.8 Å². The molecule has 0 aliphatic carbocycles. The highest BCUT2D eigenvalue weighted by molar-refractivity contribution is 5.21. The lowest BCUT2D eigenvalue weighted by molar-refractivity contribution is -0.141. The van der Waals surface area contributed by atoms with Crippen LogP contribution in [-0.2, 0) is 6.18 Å². The van der Waals surface area contributed by atoms with E-state index in [0.29, 0.717) is 6.07 Å². The zero-order valence-corrected chi connectivity index (χ0v) is 8.15. The van der Waals surface area contributed by atoms with E-state index < -0.39 is 24.1 Å². The lowest BCUT2D eigenvalue weighted by Gasteiger charge is -2.17. The number of hydrogen-bond acceptors (Lipinski definition) is 4. The van der Waals surface area contributed by atoms with E-state index in [1.807, 2.05) is 0 Å². The second kappa shape index (κ2) is 4.77. The summed E-state index contributed by atoms with van der Waals surface area (Å²) < 4.78 is 36.8. The van der Waals surface area contributed by atoms with Gasteiger partial charge in [-0.3, -0.25) is 4.98 Å². The summed E-state index contributed by atoms with van der Waals surface area (Å²) in [6, 6.07) is 1.88. The second-order valence-electron chi connectivity index (χ2n) is 3.22. The Labute approximate surface area is 89.5 Å². The van der Waals surface area contributed by atoms with E-state index in [2.05, 4.69) is 4.98 Å². The van der Waals surface area contributed by atoms with Gasteiger partial charge in [-0.1, -0.05) is 0 Å².